The summed E-state index contributed by atoms with van der Waals surface area (Å²) in [4.78, 5) is 0. The van der Waals surface area contributed by atoms with Gasteiger partial charge in [-0.3, -0.25) is 0 Å². The molecule has 0 aromatic rings. The third-order valence-corrected chi connectivity index (χ3v) is 4.23. The van der Waals surface area contributed by atoms with Gasteiger partial charge in [0.25, 0.3) is 0 Å². The lowest BCUT2D eigenvalue weighted by Gasteiger charge is -2.58. The van der Waals surface area contributed by atoms with Crippen molar-refractivity contribution in [2.45, 2.75) is 43.1 Å². The Morgan fingerprint density at radius 3 is 2.14 bits per heavy atom. The zero-order valence-corrected chi connectivity index (χ0v) is 9.91. The van der Waals surface area contributed by atoms with Gasteiger partial charge in [-0.25, -0.2) is 0 Å². The Morgan fingerprint density at radius 2 is 1.86 bits per heavy atom. The molecule has 1 spiro atoms. The van der Waals surface area contributed by atoms with E-state index >= 15 is 0 Å². The Morgan fingerprint density at radius 1 is 1.29 bits per heavy atom. The molecule has 78 valence electrons. The molecule has 1 saturated carbocycles. The van der Waals surface area contributed by atoms with Gasteiger partial charge in [0, 0.05) is 10.2 Å². The van der Waals surface area contributed by atoms with Crippen molar-refractivity contribution in [2.24, 2.45) is 5.41 Å². The molecule has 0 N–H and O–H groups in total. The second kappa shape index (κ2) is 2.90. The summed E-state index contributed by atoms with van der Waals surface area (Å²) >= 11 is 1.83. The minimum Gasteiger partial charge on any atom is -0.380 e. The Kier molecular flexibility index (Phi) is 2.14. The fourth-order valence-corrected chi connectivity index (χ4v) is 4.49. The smallest absolute Gasteiger partial charge is 0.104 e. The molecule has 0 atom stereocenters. The van der Waals surface area contributed by atoms with Gasteiger partial charge in [-0.15, -0.1) is 11.8 Å². The topological polar surface area (TPSA) is 33.0 Å². The molecule has 14 heavy (non-hydrogen) atoms. The highest BCUT2D eigenvalue weighted by Crippen LogP contribution is 2.60. The average Bonchev–Trinajstić information content (AvgIpc) is 1.90. The summed E-state index contributed by atoms with van der Waals surface area (Å²) in [6.07, 6.45) is 2.05. The number of nitrogens with zero attached hydrogens (tertiary/aromatic N) is 1. The predicted molar refractivity (Wildman–Crippen MR) is 58.2 cm³/mol. The maximum absolute atomic E-state index is 9.24. The first kappa shape index (κ1) is 10.3. The van der Waals surface area contributed by atoms with Crippen molar-refractivity contribution in [1.29, 1.82) is 5.26 Å². The van der Waals surface area contributed by atoms with E-state index in [9.17, 15) is 5.26 Å². The van der Waals surface area contributed by atoms with E-state index in [-0.39, 0.29) is 9.49 Å². The van der Waals surface area contributed by atoms with Gasteiger partial charge in [0.05, 0.1) is 19.3 Å². The number of nitriles is 1. The Labute approximate surface area is 90.0 Å². The fourth-order valence-electron chi connectivity index (χ4n) is 2.51. The largest absolute Gasteiger partial charge is 0.380 e. The normalized spacial score (nSPS) is 27.6. The molecule has 1 aliphatic carbocycles. The first-order valence-corrected chi connectivity index (χ1v) is 5.90. The number of thioether (sulfide) groups is 1. The van der Waals surface area contributed by atoms with Crippen molar-refractivity contribution in [3.05, 3.63) is 0 Å². The van der Waals surface area contributed by atoms with Gasteiger partial charge in [0.15, 0.2) is 0 Å². The van der Waals surface area contributed by atoms with Crippen LogP contribution in [0.5, 0.6) is 0 Å². The molecule has 0 radical (unpaired) electrons. The summed E-state index contributed by atoms with van der Waals surface area (Å²) in [5.41, 5.74) is 0.383. The molecular formula is C11H17NOS. The molecule has 0 aromatic carbocycles. The van der Waals surface area contributed by atoms with E-state index < -0.39 is 0 Å². The molecule has 2 nitrogen and oxygen atoms in total. The van der Waals surface area contributed by atoms with Crippen molar-refractivity contribution in [1.82, 2.24) is 0 Å². The summed E-state index contributed by atoms with van der Waals surface area (Å²) in [7, 11) is 0. The SMILES string of the molecule is CC(C)(C)SC1(C#N)CC2(COC2)C1. The van der Waals surface area contributed by atoms with Gasteiger partial charge in [-0.2, -0.15) is 5.26 Å². The lowest BCUT2D eigenvalue weighted by Crippen LogP contribution is -2.60. The molecule has 2 rings (SSSR count). The zero-order valence-electron chi connectivity index (χ0n) is 9.09. The molecule has 1 heterocycles. The van der Waals surface area contributed by atoms with E-state index in [1.54, 1.807) is 0 Å². The quantitative estimate of drug-likeness (QED) is 0.668. The second-order valence-corrected chi connectivity index (χ2v) is 7.88. The van der Waals surface area contributed by atoms with Crippen molar-refractivity contribution in [3.8, 4) is 6.07 Å². The molecule has 2 fully saturated rings. The molecule has 2 aliphatic rings. The Bertz CT molecular complexity index is 275. The summed E-state index contributed by atoms with van der Waals surface area (Å²) < 4.78 is 5.29. The second-order valence-electron chi connectivity index (χ2n) is 5.67. The highest BCUT2D eigenvalue weighted by molar-refractivity contribution is 8.02. The maximum Gasteiger partial charge on any atom is 0.104 e. The van der Waals surface area contributed by atoms with Crippen LogP contribution in [0.4, 0.5) is 0 Å². The molecule has 1 saturated heterocycles. The van der Waals surface area contributed by atoms with Gasteiger partial charge in [0.1, 0.15) is 4.75 Å². The van der Waals surface area contributed by atoms with E-state index in [1.807, 2.05) is 11.8 Å². The molecule has 0 aromatic heterocycles. The van der Waals surface area contributed by atoms with Gasteiger partial charge >= 0.3 is 0 Å². The Hall–Kier alpha value is -0.200. The highest BCUT2D eigenvalue weighted by Gasteiger charge is 2.60. The molecule has 0 bridgehead atoms. The number of hydrogen-bond acceptors (Lipinski definition) is 3. The van der Waals surface area contributed by atoms with Crippen molar-refractivity contribution < 1.29 is 4.74 Å². The van der Waals surface area contributed by atoms with E-state index in [0.29, 0.717) is 5.41 Å². The molecule has 3 heteroatoms. The minimum atomic E-state index is -0.123. The van der Waals surface area contributed by atoms with Gasteiger partial charge in [-0.1, -0.05) is 20.8 Å². The monoisotopic (exact) mass is 211 g/mol. The number of rotatable bonds is 1. The van der Waals surface area contributed by atoms with Gasteiger partial charge in [-0.05, 0) is 12.8 Å². The van der Waals surface area contributed by atoms with E-state index in [2.05, 4.69) is 26.8 Å². The van der Waals surface area contributed by atoms with Crippen LogP contribution in [0, 0.1) is 16.7 Å². The van der Waals surface area contributed by atoms with Crippen LogP contribution in [0.3, 0.4) is 0 Å². The van der Waals surface area contributed by atoms with E-state index in [1.165, 1.54) is 0 Å². The first-order valence-electron chi connectivity index (χ1n) is 5.08. The molecular weight excluding hydrogens is 194 g/mol. The summed E-state index contributed by atoms with van der Waals surface area (Å²) in [5.74, 6) is 0. The van der Waals surface area contributed by atoms with Crippen LogP contribution in [0.25, 0.3) is 0 Å². The lowest BCUT2D eigenvalue weighted by molar-refractivity contribution is -0.162. The predicted octanol–water partition coefficient (Wildman–Crippen LogP) is 2.59. The van der Waals surface area contributed by atoms with E-state index in [4.69, 9.17) is 4.74 Å². The van der Waals surface area contributed by atoms with Crippen LogP contribution in [0.2, 0.25) is 0 Å². The van der Waals surface area contributed by atoms with Crippen LogP contribution >= 0.6 is 11.8 Å². The Balaban J connectivity index is 1.99. The fraction of sp³-hybridized carbons (Fsp3) is 0.909. The van der Waals surface area contributed by atoms with Crippen LogP contribution in [0.1, 0.15) is 33.6 Å². The third kappa shape index (κ3) is 1.66. The standard InChI is InChI=1S/C11H17NOS/c1-9(2,3)14-11(6-12)4-10(5-11)7-13-8-10/h4-5,7-8H2,1-3H3. The van der Waals surface area contributed by atoms with Gasteiger partial charge in [0.2, 0.25) is 0 Å². The van der Waals surface area contributed by atoms with Gasteiger partial charge < -0.3 is 4.74 Å². The lowest BCUT2D eigenvalue weighted by atomic mass is 9.60. The molecule has 0 amide bonds. The first-order chi connectivity index (χ1) is 6.39. The van der Waals surface area contributed by atoms with Crippen LogP contribution in [0.15, 0.2) is 0 Å². The molecule has 0 unspecified atom stereocenters. The summed E-state index contributed by atoms with van der Waals surface area (Å²) in [6, 6.07) is 2.50. The zero-order chi connectivity index (χ0) is 10.4. The van der Waals surface area contributed by atoms with Crippen LogP contribution < -0.4 is 0 Å². The minimum absolute atomic E-state index is 0.123. The number of ether oxygens (including phenoxy) is 1. The van der Waals surface area contributed by atoms with Crippen LogP contribution in [-0.2, 0) is 4.74 Å². The highest BCUT2D eigenvalue weighted by atomic mass is 32.2. The maximum atomic E-state index is 9.24. The summed E-state index contributed by atoms with van der Waals surface area (Å²) in [5, 5.41) is 9.24. The third-order valence-electron chi connectivity index (χ3n) is 2.84. The van der Waals surface area contributed by atoms with Crippen molar-refractivity contribution in [2.75, 3.05) is 13.2 Å². The molecule has 1 aliphatic heterocycles. The number of hydrogen-bond donors (Lipinski definition) is 0. The van der Waals surface area contributed by atoms with Crippen molar-refractivity contribution >= 4 is 11.8 Å². The summed E-state index contributed by atoms with van der Waals surface area (Å²) in [6.45, 7) is 8.29. The van der Waals surface area contributed by atoms with Crippen LogP contribution in [-0.4, -0.2) is 22.7 Å². The average molecular weight is 211 g/mol. The van der Waals surface area contributed by atoms with E-state index in [0.717, 1.165) is 26.1 Å². The van der Waals surface area contributed by atoms with Crippen molar-refractivity contribution in [3.63, 3.8) is 0 Å².